The maximum Gasteiger partial charge on any atom is 0.286 e. The van der Waals surface area contributed by atoms with Crippen LogP contribution in [0.15, 0.2) is 18.2 Å². The first-order chi connectivity index (χ1) is 10.3. The minimum absolute atomic E-state index is 0. The lowest BCUT2D eigenvalue weighted by Gasteiger charge is -2.22. The predicted octanol–water partition coefficient (Wildman–Crippen LogP) is 2.90. The average molecular weight is 359 g/mol. The third kappa shape index (κ3) is 5.71. The van der Waals surface area contributed by atoms with Gasteiger partial charge in [0.2, 0.25) is 5.91 Å². The highest BCUT2D eigenvalue weighted by Crippen LogP contribution is 2.26. The van der Waals surface area contributed by atoms with E-state index in [2.05, 4.69) is 31.4 Å². The molecular formula is C16H23ClN2O3S. The van der Waals surface area contributed by atoms with Crippen LogP contribution in [0.5, 0.6) is 5.75 Å². The van der Waals surface area contributed by atoms with Gasteiger partial charge in [0, 0.05) is 17.6 Å². The molecule has 0 spiro atoms. The van der Waals surface area contributed by atoms with Crippen LogP contribution in [0.3, 0.4) is 0 Å². The van der Waals surface area contributed by atoms with Crippen molar-refractivity contribution >= 4 is 35.3 Å². The smallest absolute Gasteiger partial charge is 0.286 e. The van der Waals surface area contributed by atoms with Crippen LogP contribution in [0.1, 0.15) is 31.9 Å². The fourth-order valence-corrected chi connectivity index (χ4v) is 3.06. The zero-order chi connectivity index (χ0) is 16.3. The second-order valence-electron chi connectivity index (χ2n) is 6.34. The Hall–Kier alpha value is -1.24. The van der Waals surface area contributed by atoms with Crippen molar-refractivity contribution in [1.82, 2.24) is 10.6 Å². The number of carbonyl (C=O) groups excluding carboxylic acids is 2. The highest BCUT2D eigenvalue weighted by molar-refractivity contribution is 8.15. The summed E-state index contributed by atoms with van der Waals surface area (Å²) in [5, 5.41) is 5.14. The van der Waals surface area contributed by atoms with Gasteiger partial charge in [-0.05, 0) is 38.8 Å². The Kier molecular flexibility index (Phi) is 6.92. The molecule has 2 rings (SSSR count). The number of nitrogens with one attached hydrogen (secondary N) is 2. The molecule has 0 aromatic heterocycles. The van der Waals surface area contributed by atoms with Crippen molar-refractivity contribution in [2.45, 2.75) is 44.5 Å². The maximum atomic E-state index is 11.7. The Balaban J connectivity index is 0.00000264. The summed E-state index contributed by atoms with van der Waals surface area (Å²) in [5.74, 6) is 0.611. The summed E-state index contributed by atoms with van der Waals surface area (Å²) in [4.78, 5) is 22.9. The zero-order valence-corrected chi connectivity index (χ0v) is 15.4. The van der Waals surface area contributed by atoms with Crippen LogP contribution in [0, 0.1) is 0 Å². The molecule has 128 valence electrons. The molecular weight excluding hydrogens is 336 g/mol. The molecule has 23 heavy (non-hydrogen) atoms. The van der Waals surface area contributed by atoms with E-state index < -0.39 is 0 Å². The van der Waals surface area contributed by atoms with Gasteiger partial charge < -0.3 is 10.1 Å². The van der Waals surface area contributed by atoms with Gasteiger partial charge in [-0.25, -0.2) is 0 Å². The molecule has 7 heteroatoms. The molecule has 2 amide bonds. The van der Waals surface area contributed by atoms with E-state index >= 15 is 0 Å². The standard InChI is InChI=1S/C16H22N2O3S.ClH/c1-16(2,3)17-9-11-7-10(5-6-12(11)21-4)8-13-14(19)18-15(20)22-13;/h5-7,13,17H,8-9H2,1-4H3,(H,18,19,20);1H. The molecule has 1 saturated heterocycles. The van der Waals surface area contributed by atoms with Crippen molar-refractivity contribution in [1.29, 1.82) is 0 Å². The molecule has 1 fully saturated rings. The van der Waals surface area contributed by atoms with E-state index in [1.807, 2.05) is 18.2 Å². The number of carbonyl (C=O) groups is 2. The lowest BCUT2D eigenvalue weighted by molar-refractivity contribution is -0.118. The normalized spacial score (nSPS) is 17.7. The Morgan fingerprint density at radius 2 is 2.00 bits per heavy atom. The molecule has 0 aliphatic carbocycles. The van der Waals surface area contributed by atoms with Crippen molar-refractivity contribution in [3.63, 3.8) is 0 Å². The van der Waals surface area contributed by atoms with Gasteiger partial charge in [-0.15, -0.1) is 12.4 Å². The molecule has 1 aromatic rings. The van der Waals surface area contributed by atoms with Crippen molar-refractivity contribution in [3.8, 4) is 5.75 Å². The molecule has 1 heterocycles. The minimum atomic E-state index is -0.343. The maximum absolute atomic E-state index is 11.7. The first-order valence-corrected chi connectivity index (χ1v) is 8.09. The minimum Gasteiger partial charge on any atom is -0.496 e. The fourth-order valence-electron chi connectivity index (χ4n) is 2.20. The highest BCUT2D eigenvalue weighted by Gasteiger charge is 2.31. The van der Waals surface area contributed by atoms with E-state index in [1.165, 1.54) is 0 Å². The summed E-state index contributed by atoms with van der Waals surface area (Å²) in [6.07, 6.45) is 0.536. The van der Waals surface area contributed by atoms with Gasteiger partial charge in [0.15, 0.2) is 0 Å². The molecule has 0 bridgehead atoms. The van der Waals surface area contributed by atoms with Gasteiger partial charge in [0.1, 0.15) is 5.75 Å². The van der Waals surface area contributed by atoms with Crippen LogP contribution in [0.25, 0.3) is 0 Å². The number of amides is 2. The molecule has 1 unspecified atom stereocenters. The highest BCUT2D eigenvalue weighted by atomic mass is 35.5. The predicted molar refractivity (Wildman–Crippen MR) is 95.5 cm³/mol. The molecule has 1 aromatic carbocycles. The molecule has 2 N–H and O–H groups in total. The van der Waals surface area contributed by atoms with Gasteiger partial charge in [-0.1, -0.05) is 23.9 Å². The molecule has 0 saturated carbocycles. The van der Waals surface area contributed by atoms with E-state index in [0.717, 1.165) is 28.6 Å². The lowest BCUT2D eigenvalue weighted by Crippen LogP contribution is -2.35. The van der Waals surface area contributed by atoms with Crippen molar-refractivity contribution in [2.24, 2.45) is 0 Å². The van der Waals surface area contributed by atoms with Crippen LogP contribution >= 0.6 is 24.2 Å². The second-order valence-corrected chi connectivity index (χ2v) is 7.51. The molecule has 0 radical (unpaired) electrons. The number of methoxy groups -OCH3 is 1. The quantitative estimate of drug-likeness (QED) is 0.847. The Bertz CT molecular complexity index is 587. The number of benzene rings is 1. The van der Waals surface area contributed by atoms with E-state index in [0.29, 0.717) is 13.0 Å². The van der Waals surface area contributed by atoms with Crippen LogP contribution in [-0.4, -0.2) is 29.0 Å². The van der Waals surface area contributed by atoms with E-state index in [-0.39, 0.29) is 34.3 Å². The molecule has 1 aliphatic heterocycles. The largest absolute Gasteiger partial charge is 0.496 e. The number of thioether (sulfide) groups is 1. The first-order valence-electron chi connectivity index (χ1n) is 7.21. The Labute approximate surface area is 147 Å². The summed E-state index contributed by atoms with van der Waals surface area (Å²) in [6, 6.07) is 5.89. The van der Waals surface area contributed by atoms with Crippen molar-refractivity contribution < 1.29 is 14.3 Å². The van der Waals surface area contributed by atoms with Gasteiger partial charge in [-0.2, -0.15) is 0 Å². The molecule has 1 atom stereocenters. The van der Waals surface area contributed by atoms with Gasteiger partial charge in [0.25, 0.3) is 5.24 Å². The number of hydrogen-bond donors (Lipinski definition) is 2. The monoisotopic (exact) mass is 358 g/mol. The van der Waals surface area contributed by atoms with E-state index in [1.54, 1.807) is 7.11 Å². The summed E-state index contributed by atoms with van der Waals surface area (Å²) < 4.78 is 5.40. The fraction of sp³-hybridized carbons (Fsp3) is 0.500. The van der Waals surface area contributed by atoms with Crippen molar-refractivity contribution in [2.75, 3.05) is 7.11 Å². The van der Waals surface area contributed by atoms with Crippen LogP contribution in [0.2, 0.25) is 0 Å². The van der Waals surface area contributed by atoms with Crippen LogP contribution in [0.4, 0.5) is 4.79 Å². The number of ether oxygens (including phenoxy) is 1. The van der Waals surface area contributed by atoms with E-state index in [9.17, 15) is 9.59 Å². The van der Waals surface area contributed by atoms with E-state index in [4.69, 9.17) is 4.74 Å². The Morgan fingerprint density at radius 1 is 1.30 bits per heavy atom. The van der Waals surface area contributed by atoms with Crippen LogP contribution in [-0.2, 0) is 17.8 Å². The van der Waals surface area contributed by atoms with Gasteiger partial charge in [-0.3, -0.25) is 14.9 Å². The van der Waals surface area contributed by atoms with Crippen molar-refractivity contribution in [3.05, 3.63) is 29.3 Å². The van der Waals surface area contributed by atoms with Gasteiger partial charge >= 0.3 is 0 Å². The second kappa shape index (κ2) is 8.04. The number of rotatable bonds is 5. The molecule has 5 nitrogen and oxygen atoms in total. The lowest BCUT2D eigenvalue weighted by atomic mass is 10.0. The topological polar surface area (TPSA) is 67.4 Å². The third-order valence-electron chi connectivity index (χ3n) is 3.34. The Morgan fingerprint density at radius 3 is 2.52 bits per heavy atom. The summed E-state index contributed by atoms with van der Waals surface area (Å²) >= 11 is 1.06. The molecule has 1 aliphatic rings. The number of hydrogen-bond acceptors (Lipinski definition) is 5. The SMILES string of the molecule is COc1ccc(CC2SC(=O)NC2=O)cc1CNC(C)(C)C.Cl. The van der Waals surface area contributed by atoms with Gasteiger partial charge in [0.05, 0.1) is 12.4 Å². The first kappa shape index (κ1) is 19.8. The van der Waals surface area contributed by atoms with Crippen LogP contribution < -0.4 is 15.4 Å². The third-order valence-corrected chi connectivity index (χ3v) is 4.32. The average Bonchev–Trinajstić information content (AvgIpc) is 2.74. The summed E-state index contributed by atoms with van der Waals surface area (Å²) in [5.41, 5.74) is 2.08. The summed E-state index contributed by atoms with van der Waals surface area (Å²) in [7, 11) is 1.65. The number of imide groups is 1. The number of halogens is 1. The summed E-state index contributed by atoms with van der Waals surface area (Å²) in [6.45, 7) is 7.00. The zero-order valence-electron chi connectivity index (χ0n) is 13.8.